The average Bonchev–Trinajstić information content (AvgIpc) is 2.15. The Balaban J connectivity index is 2.90. The molecule has 1 aromatic rings. The number of nitrogens with zero attached hydrogens (tertiary/aromatic N) is 1. The third kappa shape index (κ3) is 2.85. The van der Waals surface area contributed by atoms with Crippen molar-refractivity contribution in [1.82, 2.24) is 4.98 Å². The molecule has 0 saturated carbocycles. The number of aromatic nitrogens is 1. The molecule has 16 heavy (non-hydrogen) atoms. The maximum absolute atomic E-state index is 11.2. The number of carbonyl (C=O) groups is 1. The summed E-state index contributed by atoms with van der Waals surface area (Å²) in [6.45, 7) is 5.72. The summed E-state index contributed by atoms with van der Waals surface area (Å²) in [5.74, 6) is 0.180. The van der Waals surface area contributed by atoms with Gasteiger partial charge >= 0.3 is 0 Å². The van der Waals surface area contributed by atoms with Gasteiger partial charge in [-0.25, -0.2) is 4.98 Å². The molecule has 5 heteroatoms. The molecule has 1 atom stereocenters. The SMILES string of the molecule is Cc1cnc(NC(C(N)=O)C(C)C)c(N)c1. The molecule has 0 saturated heterocycles. The van der Waals surface area contributed by atoms with Crippen molar-refractivity contribution in [2.75, 3.05) is 11.1 Å². The molecule has 0 fully saturated rings. The van der Waals surface area contributed by atoms with Crippen LogP contribution >= 0.6 is 0 Å². The van der Waals surface area contributed by atoms with E-state index >= 15 is 0 Å². The molecular formula is C11H18N4O. The first-order valence-corrected chi connectivity index (χ1v) is 5.19. The molecule has 0 radical (unpaired) electrons. The van der Waals surface area contributed by atoms with Gasteiger partial charge in [-0.15, -0.1) is 0 Å². The number of hydrogen-bond donors (Lipinski definition) is 3. The van der Waals surface area contributed by atoms with E-state index in [1.54, 1.807) is 12.3 Å². The summed E-state index contributed by atoms with van der Waals surface area (Å²) in [6, 6.07) is 1.34. The summed E-state index contributed by atoms with van der Waals surface area (Å²) >= 11 is 0. The molecule has 5 nitrogen and oxygen atoms in total. The highest BCUT2D eigenvalue weighted by Gasteiger charge is 2.20. The highest BCUT2D eigenvalue weighted by Crippen LogP contribution is 2.18. The molecule has 5 N–H and O–H groups in total. The Morgan fingerprint density at radius 2 is 2.12 bits per heavy atom. The monoisotopic (exact) mass is 222 g/mol. The predicted octanol–water partition coefficient (Wildman–Crippen LogP) is 0.894. The highest BCUT2D eigenvalue weighted by atomic mass is 16.1. The Kier molecular flexibility index (Phi) is 3.71. The van der Waals surface area contributed by atoms with Gasteiger partial charge in [0.25, 0.3) is 0 Å². The fraction of sp³-hybridized carbons (Fsp3) is 0.455. The molecule has 88 valence electrons. The van der Waals surface area contributed by atoms with E-state index in [1.807, 2.05) is 20.8 Å². The van der Waals surface area contributed by atoms with Crippen LogP contribution in [0.15, 0.2) is 12.3 Å². The normalized spacial score (nSPS) is 12.5. The number of nitrogens with one attached hydrogen (secondary N) is 1. The van der Waals surface area contributed by atoms with Crippen molar-refractivity contribution in [3.05, 3.63) is 17.8 Å². The van der Waals surface area contributed by atoms with Crippen LogP contribution in [-0.4, -0.2) is 16.9 Å². The van der Waals surface area contributed by atoms with Crippen LogP contribution in [0.1, 0.15) is 19.4 Å². The van der Waals surface area contributed by atoms with Crippen LogP contribution in [0.25, 0.3) is 0 Å². The standard InChI is InChI=1S/C11H18N4O/c1-6(2)9(10(13)16)15-11-8(12)4-7(3)5-14-11/h4-6,9H,12H2,1-3H3,(H2,13,16)(H,14,15). The number of rotatable bonds is 4. The lowest BCUT2D eigenvalue weighted by atomic mass is 10.0. The fourth-order valence-electron chi connectivity index (χ4n) is 1.43. The lowest BCUT2D eigenvalue weighted by Crippen LogP contribution is -2.39. The average molecular weight is 222 g/mol. The fourth-order valence-corrected chi connectivity index (χ4v) is 1.43. The van der Waals surface area contributed by atoms with Gasteiger partial charge in [0.15, 0.2) is 0 Å². The largest absolute Gasteiger partial charge is 0.396 e. The molecule has 1 heterocycles. The second-order valence-corrected chi connectivity index (χ2v) is 4.22. The maximum Gasteiger partial charge on any atom is 0.240 e. The molecule has 0 aliphatic carbocycles. The van der Waals surface area contributed by atoms with Crippen LogP contribution in [0.2, 0.25) is 0 Å². The van der Waals surface area contributed by atoms with E-state index in [0.29, 0.717) is 11.5 Å². The summed E-state index contributed by atoms with van der Waals surface area (Å²) in [5.41, 5.74) is 12.6. The van der Waals surface area contributed by atoms with Crippen LogP contribution in [0, 0.1) is 12.8 Å². The zero-order valence-electron chi connectivity index (χ0n) is 9.82. The number of nitrogens with two attached hydrogens (primary N) is 2. The van der Waals surface area contributed by atoms with Crippen molar-refractivity contribution in [3.8, 4) is 0 Å². The summed E-state index contributed by atoms with van der Waals surface area (Å²) in [7, 11) is 0. The van der Waals surface area contributed by atoms with Gasteiger partial charge in [-0.05, 0) is 24.5 Å². The smallest absolute Gasteiger partial charge is 0.240 e. The minimum atomic E-state index is -0.461. The molecule has 0 spiro atoms. The Morgan fingerprint density at radius 3 is 2.56 bits per heavy atom. The van der Waals surface area contributed by atoms with E-state index in [4.69, 9.17) is 11.5 Å². The van der Waals surface area contributed by atoms with Crippen molar-refractivity contribution in [1.29, 1.82) is 0 Å². The summed E-state index contributed by atoms with van der Waals surface area (Å²) in [6.07, 6.45) is 1.69. The maximum atomic E-state index is 11.2. The molecule has 0 bridgehead atoms. The van der Waals surface area contributed by atoms with Crippen molar-refractivity contribution in [2.24, 2.45) is 11.7 Å². The van der Waals surface area contributed by atoms with Crippen molar-refractivity contribution >= 4 is 17.4 Å². The van der Waals surface area contributed by atoms with Crippen LogP contribution in [-0.2, 0) is 4.79 Å². The van der Waals surface area contributed by atoms with Gasteiger partial charge in [-0.1, -0.05) is 13.8 Å². The van der Waals surface area contributed by atoms with E-state index in [1.165, 1.54) is 0 Å². The number of nitrogen functional groups attached to an aromatic ring is 1. The minimum absolute atomic E-state index is 0.0833. The van der Waals surface area contributed by atoms with Gasteiger partial charge in [0.2, 0.25) is 5.91 Å². The number of pyridine rings is 1. The Labute approximate surface area is 95.2 Å². The topological polar surface area (TPSA) is 94.0 Å². The zero-order chi connectivity index (χ0) is 12.3. The lowest BCUT2D eigenvalue weighted by Gasteiger charge is -2.20. The number of primary amides is 1. The second kappa shape index (κ2) is 4.83. The quantitative estimate of drug-likeness (QED) is 0.705. The third-order valence-electron chi connectivity index (χ3n) is 2.32. The van der Waals surface area contributed by atoms with Gasteiger partial charge in [0.05, 0.1) is 5.69 Å². The molecule has 1 unspecified atom stereocenters. The van der Waals surface area contributed by atoms with Gasteiger partial charge in [0.1, 0.15) is 11.9 Å². The van der Waals surface area contributed by atoms with E-state index in [0.717, 1.165) is 5.56 Å². The van der Waals surface area contributed by atoms with E-state index < -0.39 is 11.9 Å². The summed E-state index contributed by atoms with van der Waals surface area (Å²) in [4.78, 5) is 15.4. The molecular weight excluding hydrogens is 204 g/mol. The Bertz CT molecular complexity index is 390. The summed E-state index contributed by atoms with van der Waals surface area (Å²) < 4.78 is 0. The third-order valence-corrected chi connectivity index (χ3v) is 2.32. The van der Waals surface area contributed by atoms with Crippen LogP contribution in [0.3, 0.4) is 0 Å². The first-order valence-electron chi connectivity index (χ1n) is 5.19. The van der Waals surface area contributed by atoms with E-state index in [-0.39, 0.29) is 5.92 Å². The van der Waals surface area contributed by atoms with Gasteiger partial charge in [0, 0.05) is 6.20 Å². The van der Waals surface area contributed by atoms with Crippen LogP contribution in [0.4, 0.5) is 11.5 Å². The Morgan fingerprint density at radius 1 is 1.50 bits per heavy atom. The molecule has 0 aliphatic rings. The van der Waals surface area contributed by atoms with Crippen LogP contribution in [0.5, 0.6) is 0 Å². The predicted molar refractivity (Wildman–Crippen MR) is 64.8 cm³/mol. The summed E-state index contributed by atoms with van der Waals surface area (Å²) in [5, 5.41) is 2.96. The Hall–Kier alpha value is -1.78. The zero-order valence-corrected chi connectivity index (χ0v) is 9.82. The van der Waals surface area contributed by atoms with Gasteiger partial charge in [-0.3, -0.25) is 4.79 Å². The lowest BCUT2D eigenvalue weighted by molar-refractivity contribution is -0.119. The molecule has 1 aromatic heterocycles. The second-order valence-electron chi connectivity index (χ2n) is 4.22. The van der Waals surface area contributed by atoms with Crippen molar-refractivity contribution in [3.63, 3.8) is 0 Å². The van der Waals surface area contributed by atoms with Crippen molar-refractivity contribution < 1.29 is 4.79 Å². The number of aryl methyl sites for hydroxylation is 1. The number of hydrogen-bond acceptors (Lipinski definition) is 4. The van der Waals surface area contributed by atoms with Gasteiger partial charge in [-0.2, -0.15) is 0 Å². The van der Waals surface area contributed by atoms with Crippen LogP contribution < -0.4 is 16.8 Å². The molecule has 1 rings (SSSR count). The number of anilines is 2. The first kappa shape index (κ1) is 12.3. The molecule has 0 aromatic carbocycles. The molecule has 0 aliphatic heterocycles. The number of carbonyl (C=O) groups excluding carboxylic acids is 1. The van der Waals surface area contributed by atoms with E-state index in [2.05, 4.69) is 10.3 Å². The van der Waals surface area contributed by atoms with Crippen molar-refractivity contribution in [2.45, 2.75) is 26.8 Å². The van der Waals surface area contributed by atoms with E-state index in [9.17, 15) is 4.79 Å². The number of amides is 1. The highest BCUT2D eigenvalue weighted by molar-refractivity contribution is 5.84. The minimum Gasteiger partial charge on any atom is -0.396 e. The first-order chi connectivity index (χ1) is 7.41. The van der Waals surface area contributed by atoms with Gasteiger partial charge < -0.3 is 16.8 Å². The molecule has 1 amide bonds.